The van der Waals surface area contributed by atoms with Crippen LogP contribution in [0.25, 0.3) is 0 Å². The second-order valence-electron chi connectivity index (χ2n) is 5.63. The summed E-state index contributed by atoms with van der Waals surface area (Å²) in [5, 5.41) is 9.56. The van der Waals surface area contributed by atoms with Gasteiger partial charge in [0, 0.05) is 5.02 Å². The number of nitriles is 1. The van der Waals surface area contributed by atoms with Crippen molar-refractivity contribution in [3.8, 4) is 17.6 Å². The van der Waals surface area contributed by atoms with E-state index in [1.807, 2.05) is 18.2 Å². The molecule has 20 heavy (non-hydrogen) atoms. The van der Waals surface area contributed by atoms with E-state index >= 15 is 0 Å². The van der Waals surface area contributed by atoms with Crippen LogP contribution in [0, 0.1) is 11.3 Å². The first-order valence-corrected chi connectivity index (χ1v) is 6.76. The topological polar surface area (TPSA) is 33.0 Å². The molecule has 2 nitrogen and oxygen atoms in total. The van der Waals surface area contributed by atoms with Crippen LogP contribution in [0.1, 0.15) is 31.9 Å². The Bertz CT molecular complexity index is 665. The molecule has 0 aliphatic heterocycles. The van der Waals surface area contributed by atoms with E-state index in [9.17, 15) is 0 Å². The highest BCUT2D eigenvalue weighted by Gasteiger charge is 2.17. The molecule has 0 heterocycles. The Hall–Kier alpha value is -1.98. The minimum Gasteiger partial charge on any atom is -0.457 e. The van der Waals surface area contributed by atoms with Crippen molar-refractivity contribution in [3.63, 3.8) is 0 Å². The Labute approximate surface area is 124 Å². The van der Waals surface area contributed by atoms with E-state index in [1.54, 1.807) is 24.3 Å². The summed E-state index contributed by atoms with van der Waals surface area (Å²) in [5.74, 6) is 1.29. The predicted molar refractivity (Wildman–Crippen MR) is 81.4 cm³/mol. The molecule has 0 radical (unpaired) electrons. The highest BCUT2D eigenvalue weighted by atomic mass is 35.5. The molecule has 0 aliphatic rings. The average Bonchev–Trinajstić information content (AvgIpc) is 2.37. The van der Waals surface area contributed by atoms with Crippen LogP contribution < -0.4 is 4.74 Å². The van der Waals surface area contributed by atoms with Crippen LogP contribution in [0.5, 0.6) is 11.5 Å². The number of halogens is 1. The van der Waals surface area contributed by atoms with Crippen LogP contribution in [0.15, 0.2) is 42.5 Å². The third kappa shape index (κ3) is 3.31. The molecule has 0 fully saturated rings. The van der Waals surface area contributed by atoms with E-state index in [4.69, 9.17) is 21.6 Å². The second-order valence-corrected chi connectivity index (χ2v) is 6.04. The maximum Gasteiger partial charge on any atom is 0.128 e. The lowest BCUT2D eigenvalue weighted by Crippen LogP contribution is -2.11. The summed E-state index contributed by atoms with van der Waals surface area (Å²) in [6, 6.07) is 14.8. The number of nitrogens with zero attached hydrogens (tertiary/aromatic N) is 1. The fourth-order valence-electron chi connectivity index (χ4n) is 1.93. The van der Waals surface area contributed by atoms with E-state index in [0.717, 1.165) is 5.56 Å². The summed E-state index contributed by atoms with van der Waals surface area (Å²) >= 11 is 6.31. The first-order valence-electron chi connectivity index (χ1n) is 6.38. The molecule has 0 unspecified atom stereocenters. The van der Waals surface area contributed by atoms with Gasteiger partial charge < -0.3 is 4.74 Å². The molecule has 2 rings (SSSR count). The number of rotatable bonds is 2. The van der Waals surface area contributed by atoms with Crippen LogP contribution in [-0.4, -0.2) is 0 Å². The van der Waals surface area contributed by atoms with E-state index in [2.05, 4.69) is 26.8 Å². The van der Waals surface area contributed by atoms with Crippen LogP contribution in [0.4, 0.5) is 0 Å². The van der Waals surface area contributed by atoms with Crippen molar-refractivity contribution in [2.75, 3.05) is 0 Å². The third-order valence-electron chi connectivity index (χ3n) is 2.95. The summed E-state index contributed by atoms with van der Waals surface area (Å²) in [7, 11) is 0. The molecule has 0 aromatic heterocycles. The van der Waals surface area contributed by atoms with Crippen LogP contribution in [-0.2, 0) is 5.41 Å². The van der Waals surface area contributed by atoms with Crippen LogP contribution >= 0.6 is 11.6 Å². The van der Waals surface area contributed by atoms with Crippen molar-refractivity contribution in [1.29, 1.82) is 5.26 Å². The van der Waals surface area contributed by atoms with Crippen molar-refractivity contribution >= 4 is 11.6 Å². The van der Waals surface area contributed by atoms with Gasteiger partial charge in [-0.15, -0.1) is 0 Å². The van der Waals surface area contributed by atoms with Gasteiger partial charge in [-0.1, -0.05) is 44.5 Å². The van der Waals surface area contributed by atoms with Gasteiger partial charge in [0.05, 0.1) is 11.6 Å². The molecule has 2 aromatic carbocycles. The summed E-state index contributed by atoms with van der Waals surface area (Å²) in [4.78, 5) is 0. The molecule has 102 valence electrons. The summed E-state index contributed by atoms with van der Waals surface area (Å²) < 4.78 is 5.73. The zero-order valence-corrected chi connectivity index (χ0v) is 12.5. The Morgan fingerprint density at radius 3 is 2.35 bits per heavy atom. The first-order chi connectivity index (χ1) is 9.40. The molecular weight excluding hydrogens is 270 g/mol. The zero-order chi connectivity index (χ0) is 14.8. The van der Waals surface area contributed by atoms with Gasteiger partial charge in [-0.05, 0) is 41.3 Å². The van der Waals surface area contributed by atoms with Gasteiger partial charge in [0.1, 0.15) is 11.5 Å². The lowest BCUT2D eigenvalue weighted by atomic mass is 9.87. The Kier molecular flexibility index (Phi) is 4.01. The van der Waals surface area contributed by atoms with Gasteiger partial charge in [-0.2, -0.15) is 5.26 Å². The van der Waals surface area contributed by atoms with Crippen molar-refractivity contribution in [2.45, 2.75) is 26.2 Å². The minimum atomic E-state index is -0.00363. The van der Waals surface area contributed by atoms with Crippen molar-refractivity contribution in [3.05, 3.63) is 58.6 Å². The Morgan fingerprint density at radius 2 is 1.75 bits per heavy atom. The van der Waals surface area contributed by atoms with Gasteiger partial charge in [0.2, 0.25) is 0 Å². The summed E-state index contributed by atoms with van der Waals surface area (Å²) in [6.45, 7) is 6.35. The van der Waals surface area contributed by atoms with E-state index < -0.39 is 0 Å². The van der Waals surface area contributed by atoms with Crippen molar-refractivity contribution < 1.29 is 4.74 Å². The molecule has 2 aromatic rings. The van der Waals surface area contributed by atoms with Gasteiger partial charge in [0.25, 0.3) is 0 Å². The molecule has 0 aliphatic carbocycles. The maximum atomic E-state index is 8.87. The van der Waals surface area contributed by atoms with E-state index in [-0.39, 0.29) is 5.41 Å². The zero-order valence-electron chi connectivity index (χ0n) is 11.8. The first kappa shape index (κ1) is 14.4. The van der Waals surface area contributed by atoms with E-state index in [1.165, 1.54) is 0 Å². The molecular formula is C17H16ClNO. The monoisotopic (exact) mass is 285 g/mol. The third-order valence-corrected chi connectivity index (χ3v) is 3.26. The van der Waals surface area contributed by atoms with Crippen molar-refractivity contribution in [2.24, 2.45) is 0 Å². The lowest BCUT2D eigenvalue weighted by molar-refractivity contribution is 0.481. The predicted octanol–water partition coefficient (Wildman–Crippen LogP) is 5.30. The number of hydrogen-bond acceptors (Lipinski definition) is 2. The smallest absolute Gasteiger partial charge is 0.128 e. The molecule has 0 atom stereocenters. The Morgan fingerprint density at radius 1 is 1.05 bits per heavy atom. The fourth-order valence-corrected chi connectivity index (χ4v) is 2.39. The molecule has 0 saturated heterocycles. The largest absolute Gasteiger partial charge is 0.457 e. The second kappa shape index (κ2) is 5.56. The van der Waals surface area contributed by atoms with Crippen LogP contribution in [0.2, 0.25) is 5.02 Å². The molecule has 0 spiro atoms. The van der Waals surface area contributed by atoms with Crippen LogP contribution in [0.3, 0.4) is 0 Å². The average molecular weight is 286 g/mol. The SMILES string of the molecule is CC(C)(C)c1ccc(Oc2cccc(C#N)c2)cc1Cl. The molecule has 0 amide bonds. The lowest BCUT2D eigenvalue weighted by Gasteiger charge is -2.21. The normalized spacial score (nSPS) is 10.9. The number of hydrogen-bond donors (Lipinski definition) is 0. The molecule has 0 saturated carbocycles. The molecule has 3 heteroatoms. The Balaban J connectivity index is 2.27. The highest BCUT2D eigenvalue weighted by Crippen LogP contribution is 2.33. The van der Waals surface area contributed by atoms with Crippen molar-refractivity contribution in [1.82, 2.24) is 0 Å². The molecule has 0 N–H and O–H groups in total. The standard InChI is InChI=1S/C17H16ClNO/c1-17(2,3)15-8-7-14(10-16(15)18)20-13-6-4-5-12(9-13)11-19/h4-10H,1-3H3. The van der Waals surface area contributed by atoms with Gasteiger partial charge >= 0.3 is 0 Å². The molecule has 0 bridgehead atoms. The van der Waals surface area contributed by atoms with E-state index in [0.29, 0.717) is 22.1 Å². The fraction of sp³-hybridized carbons (Fsp3) is 0.235. The maximum absolute atomic E-state index is 8.87. The summed E-state index contributed by atoms with van der Waals surface area (Å²) in [5.41, 5.74) is 1.65. The van der Waals surface area contributed by atoms with Gasteiger partial charge in [-0.25, -0.2) is 0 Å². The number of benzene rings is 2. The number of ether oxygens (including phenoxy) is 1. The quantitative estimate of drug-likeness (QED) is 0.750. The minimum absolute atomic E-state index is 0.00363. The highest BCUT2D eigenvalue weighted by molar-refractivity contribution is 6.31. The van der Waals surface area contributed by atoms with Gasteiger partial charge in [-0.3, -0.25) is 0 Å². The van der Waals surface area contributed by atoms with Gasteiger partial charge in [0.15, 0.2) is 0 Å². The summed E-state index contributed by atoms with van der Waals surface area (Å²) in [6.07, 6.45) is 0.